The largest absolute Gasteiger partial charge is 0.478 e. The van der Waals surface area contributed by atoms with Crippen molar-refractivity contribution in [3.8, 4) is 0 Å². The van der Waals surface area contributed by atoms with Gasteiger partial charge in [0.05, 0.1) is 11.9 Å². The fourth-order valence-electron chi connectivity index (χ4n) is 1.70. The number of carboxylic acid groups (broad SMARTS) is 1. The van der Waals surface area contributed by atoms with Gasteiger partial charge in [-0.3, -0.25) is 4.99 Å². The van der Waals surface area contributed by atoms with E-state index in [4.69, 9.17) is 14.3 Å². The van der Waals surface area contributed by atoms with Gasteiger partial charge in [-0.15, -0.1) is 0 Å². The minimum atomic E-state index is -0.981. The van der Waals surface area contributed by atoms with Crippen LogP contribution in [0.15, 0.2) is 51.9 Å². The molecule has 2 rings (SSSR count). The average Bonchev–Trinajstić information content (AvgIpc) is 2.92. The summed E-state index contributed by atoms with van der Waals surface area (Å²) in [7, 11) is 1.60. The number of aliphatic carboxylic acids is 1. The molecule has 21 heavy (non-hydrogen) atoms. The lowest BCUT2D eigenvalue weighted by atomic mass is 10.2. The monoisotopic (exact) mass is 285 g/mol. The van der Waals surface area contributed by atoms with Gasteiger partial charge in [0.25, 0.3) is 0 Å². The lowest BCUT2D eigenvalue weighted by Gasteiger charge is -1.96. The molecule has 0 fully saturated rings. The zero-order chi connectivity index (χ0) is 15.1. The molecule has 0 aliphatic heterocycles. The zero-order valence-corrected chi connectivity index (χ0v) is 11.5. The number of ether oxygens (including phenoxy) is 1. The van der Waals surface area contributed by atoms with E-state index >= 15 is 0 Å². The van der Waals surface area contributed by atoms with Crippen LogP contribution in [-0.2, 0) is 16.1 Å². The molecule has 0 amide bonds. The molecule has 0 aliphatic carbocycles. The molecule has 108 valence electrons. The number of rotatable bonds is 6. The Labute approximate surface area is 122 Å². The van der Waals surface area contributed by atoms with Crippen molar-refractivity contribution >= 4 is 23.9 Å². The zero-order valence-electron chi connectivity index (χ0n) is 11.5. The smallest absolute Gasteiger partial charge is 0.328 e. The summed E-state index contributed by atoms with van der Waals surface area (Å²) in [5.41, 5.74) is 1.48. The van der Waals surface area contributed by atoms with E-state index < -0.39 is 5.97 Å². The van der Waals surface area contributed by atoms with E-state index in [-0.39, 0.29) is 0 Å². The summed E-state index contributed by atoms with van der Waals surface area (Å²) < 4.78 is 10.5. The maximum Gasteiger partial charge on any atom is 0.328 e. The number of hydrogen-bond acceptors (Lipinski definition) is 4. The number of methoxy groups -OCH3 is 1. The van der Waals surface area contributed by atoms with Crippen LogP contribution < -0.4 is 0 Å². The topological polar surface area (TPSA) is 72.0 Å². The minimum absolute atomic E-state index is 0.420. The van der Waals surface area contributed by atoms with E-state index in [0.717, 1.165) is 17.4 Å². The quantitative estimate of drug-likeness (QED) is 0.653. The normalized spacial score (nSPS) is 11.5. The fraction of sp³-hybridized carbons (Fsp3) is 0.125. The number of carboxylic acids is 1. The van der Waals surface area contributed by atoms with Gasteiger partial charge in [0.2, 0.25) is 0 Å². The SMILES string of the molecule is COCc1ccc(C=Nc2cccc(/C=C/C(=O)O)c2)o1. The molecular weight excluding hydrogens is 270 g/mol. The van der Waals surface area contributed by atoms with Crippen LogP contribution in [0.25, 0.3) is 6.08 Å². The minimum Gasteiger partial charge on any atom is -0.478 e. The van der Waals surface area contributed by atoms with Gasteiger partial charge in [-0.05, 0) is 35.9 Å². The molecule has 0 radical (unpaired) electrons. The Hall–Kier alpha value is -2.66. The molecule has 0 bridgehead atoms. The Morgan fingerprint density at radius 3 is 3.00 bits per heavy atom. The predicted molar refractivity (Wildman–Crippen MR) is 79.8 cm³/mol. The van der Waals surface area contributed by atoms with Gasteiger partial charge in [0.1, 0.15) is 18.1 Å². The third kappa shape index (κ3) is 4.74. The van der Waals surface area contributed by atoms with E-state index in [1.165, 1.54) is 6.08 Å². The lowest BCUT2D eigenvalue weighted by molar-refractivity contribution is -0.131. The van der Waals surface area contributed by atoms with E-state index in [0.29, 0.717) is 18.1 Å². The van der Waals surface area contributed by atoms with Gasteiger partial charge in [0.15, 0.2) is 0 Å². The highest BCUT2D eigenvalue weighted by Gasteiger charge is 1.99. The number of nitrogens with zero attached hydrogens (tertiary/aromatic N) is 1. The van der Waals surface area contributed by atoms with Crippen molar-refractivity contribution in [1.82, 2.24) is 0 Å². The fourth-order valence-corrected chi connectivity index (χ4v) is 1.70. The second kappa shape index (κ2) is 7.21. The maximum atomic E-state index is 10.5. The van der Waals surface area contributed by atoms with Gasteiger partial charge in [-0.25, -0.2) is 4.79 Å². The summed E-state index contributed by atoms with van der Waals surface area (Å²) in [6.45, 7) is 0.420. The van der Waals surface area contributed by atoms with Gasteiger partial charge in [-0.1, -0.05) is 12.1 Å². The highest BCUT2D eigenvalue weighted by Crippen LogP contribution is 2.16. The van der Waals surface area contributed by atoms with Gasteiger partial charge >= 0.3 is 5.97 Å². The average molecular weight is 285 g/mol. The Balaban J connectivity index is 2.09. The van der Waals surface area contributed by atoms with E-state index in [9.17, 15) is 4.79 Å². The summed E-state index contributed by atoms with van der Waals surface area (Å²) in [5, 5.41) is 8.60. The lowest BCUT2D eigenvalue weighted by Crippen LogP contribution is -1.85. The molecule has 5 nitrogen and oxygen atoms in total. The summed E-state index contributed by atoms with van der Waals surface area (Å²) in [5.74, 6) is 0.385. The van der Waals surface area contributed by atoms with Gasteiger partial charge in [0, 0.05) is 13.2 Å². The number of aliphatic imine (C=N–C) groups is 1. The summed E-state index contributed by atoms with van der Waals surface area (Å²) in [6.07, 6.45) is 4.22. The third-order valence-electron chi connectivity index (χ3n) is 2.60. The maximum absolute atomic E-state index is 10.5. The van der Waals surface area contributed by atoms with Crippen molar-refractivity contribution in [3.63, 3.8) is 0 Å². The number of benzene rings is 1. The second-order valence-corrected chi connectivity index (χ2v) is 4.26. The molecule has 1 heterocycles. The molecular formula is C16H15NO4. The highest BCUT2D eigenvalue weighted by atomic mass is 16.5. The van der Waals surface area contributed by atoms with Gasteiger partial charge in [-0.2, -0.15) is 0 Å². The van der Waals surface area contributed by atoms with Crippen LogP contribution in [0.2, 0.25) is 0 Å². The molecule has 5 heteroatoms. The van der Waals surface area contributed by atoms with Crippen LogP contribution in [0, 0.1) is 0 Å². The molecule has 0 spiro atoms. The molecule has 1 N–H and O–H groups in total. The molecule has 1 aromatic carbocycles. The molecule has 0 atom stereocenters. The highest BCUT2D eigenvalue weighted by molar-refractivity contribution is 5.85. The number of carbonyl (C=O) groups is 1. The predicted octanol–water partition coefficient (Wildman–Crippen LogP) is 3.27. The molecule has 2 aromatic rings. The first-order valence-corrected chi connectivity index (χ1v) is 6.30. The van der Waals surface area contributed by atoms with Crippen LogP contribution in [0.1, 0.15) is 17.1 Å². The van der Waals surface area contributed by atoms with Crippen molar-refractivity contribution in [2.45, 2.75) is 6.61 Å². The summed E-state index contributed by atoms with van der Waals surface area (Å²) in [4.78, 5) is 14.8. The Morgan fingerprint density at radius 2 is 2.24 bits per heavy atom. The Kier molecular flexibility index (Phi) is 5.06. The van der Waals surface area contributed by atoms with E-state index in [1.54, 1.807) is 19.4 Å². The molecule has 0 saturated heterocycles. The summed E-state index contributed by atoms with van der Waals surface area (Å²) in [6, 6.07) is 10.9. The van der Waals surface area contributed by atoms with Crippen LogP contribution in [0.4, 0.5) is 5.69 Å². The van der Waals surface area contributed by atoms with Crippen LogP contribution in [-0.4, -0.2) is 24.4 Å². The van der Waals surface area contributed by atoms with E-state index in [2.05, 4.69) is 4.99 Å². The standard InChI is InChI=1S/C16H15NO4/c1-20-11-15-7-6-14(21-15)10-17-13-4-2-3-12(9-13)5-8-16(18)19/h2-10H,11H2,1H3,(H,18,19)/b8-5+,17-10?. The summed E-state index contributed by atoms with van der Waals surface area (Å²) >= 11 is 0. The van der Waals surface area contributed by atoms with Crippen molar-refractivity contribution < 1.29 is 19.1 Å². The van der Waals surface area contributed by atoms with Crippen molar-refractivity contribution in [2.75, 3.05) is 7.11 Å². The van der Waals surface area contributed by atoms with Crippen LogP contribution >= 0.6 is 0 Å². The third-order valence-corrected chi connectivity index (χ3v) is 2.60. The molecule has 1 aromatic heterocycles. The van der Waals surface area contributed by atoms with Crippen LogP contribution in [0.3, 0.4) is 0 Å². The number of furan rings is 1. The molecule has 0 aliphatic rings. The number of hydrogen-bond donors (Lipinski definition) is 1. The Morgan fingerprint density at radius 1 is 1.38 bits per heavy atom. The van der Waals surface area contributed by atoms with Gasteiger partial charge < -0.3 is 14.3 Å². The van der Waals surface area contributed by atoms with Crippen molar-refractivity contribution in [2.24, 2.45) is 4.99 Å². The molecule has 0 saturated carbocycles. The van der Waals surface area contributed by atoms with E-state index in [1.807, 2.05) is 30.3 Å². The Bertz CT molecular complexity index is 670. The first-order chi connectivity index (χ1) is 10.2. The first-order valence-electron chi connectivity index (χ1n) is 6.30. The first kappa shape index (κ1) is 14.7. The molecule has 0 unspecified atom stereocenters. The second-order valence-electron chi connectivity index (χ2n) is 4.26. The van der Waals surface area contributed by atoms with Crippen molar-refractivity contribution in [3.05, 3.63) is 59.6 Å². The van der Waals surface area contributed by atoms with Crippen LogP contribution in [0.5, 0.6) is 0 Å². The van der Waals surface area contributed by atoms with Crippen molar-refractivity contribution in [1.29, 1.82) is 0 Å².